The lowest BCUT2D eigenvalue weighted by Gasteiger charge is -2.21. The standard InChI is InChI=1S/C17H18FN3OS/c1-11(17-19-8-9-23-17)21(3)10-15-12(2)22-16(20-15)13-4-6-14(18)7-5-13/h4-9,11H,10H2,1-3H3/t11-/m0/s1. The van der Waals surface area contributed by atoms with E-state index in [-0.39, 0.29) is 11.9 Å². The third kappa shape index (κ3) is 3.48. The van der Waals surface area contributed by atoms with Crippen LogP contribution < -0.4 is 0 Å². The van der Waals surface area contributed by atoms with Gasteiger partial charge in [-0.15, -0.1) is 11.3 Å². The van der Waals surface area contributed by atoms with Gasteiger partial charge >= 0.3 is 0 Å². The second kappa shape index (κ2) is 6.60. The number of rotatable bonds is 5. The van der Waals surface area contributed by atoms with Crippen LogP contribution in [-0.4, -0.2) is 21.9 Å². The second-order valence-corrected chi connectivity index (χ2v) is 6.42. The molecule has 0 bridgehead atoms. The van der Waals surface area contributed by atoms with Gasteiger partial charge in [-0.05, 0) is 45.2 Å². The molecule has 1 aromatic carbocycles. The lowest BCUT2D eigenvalue weighted by molar-refractivity contribution is 0.248. The third-order valence-corrected chi connectivity index (χ3v) is 4.80. The van der Waals surface area contributed by atoms with E-state index in [2.05, 4.69) is 21.8 Å². The molecule has 3 aromatic rings. The molecule has 1 atom stereocenters. The maximum absolute atomic E-state index is 13.0. The first kappa shape index (κ1) is 15.8. The van der Waals surface area contributed by atoms with Crippen molar-refractivity contribution >= 4 is 11.3 Å². The molecule has 0 aliphatic heterocycles. The zero-order valence-electron chi connectivity index (χ0n) is 13.3. The van der Waals surface area contributed by atoms with Gasteiger partial charge in [0.2, 0.25) is 5.89 Å². The summed E-state index contributed by atoms with van der Waals surface area (Å²) < 4.78 is 18.8. The molecular weight excluding hydrogens is 313 g/mol. The molecular formula is C17H18FN3OS. The van der Waals surface area contributed by atoms with Gasteiger partial charge in [-0.2, -0.15) is 0 Å². The number of nitrogens with zero attached hydrogens (tertiary/aromatic N) is 3. The molecule has 0 N–H and O–H groups in total. The van der Waals surface area contributed by atoms with Crippen molar-refractivity contribution in [3.8, 4) is 11.5 Å². The number of oxazole rings is 1. The largest absolute Gasteiger partial charge is 0.441 e. The Morgan fingerprint density at radius 1 is 1.30 bits per heavy atom. The Balaban J connectivity index is 1.77. The van der Waals surface area contributed by atoms with Crippen molar-refractivity contribution in [2.24, 2.45) is 0 Å². The normalized spacial score (nSPS) is 12.7. The number of hydrogen-bond acceptors (Lipinski definition) is 5. The van der Waals surface area contributed by atoms with Crippen LogP contribution in [0.25, 0.3) is 11.5 Å². The van der Waals surface area contributed by atoms with E-state index >= 15 is 0 Å². The van der Waals surface area contributed by atoms with Crippen molar-refractivity contribution in [2.75, 3.05) is 7.05 Å². The van der Waals surface area contributed by atoms with E-state index in [4.69, 9.17) is 4.42 Å². The van der Waals surface area contributed by atoms with E-state index in [9.17, 15) is 4.39 Å². The summed E-state index contributed by atoms with van der Waals surface area (Å²) in [5.74, 6) is 1.03. The first-order valence-corrected chi connectivity index (χ1v) is 8.24. The minimum Gasteiger partial charge on any atom is -0.441 e. The Kier molecular flexibility index (Phi) is 4.54. The third-order valence-electron chi connectivity index (χ3n) is 3.85. The maximum atomic E-state index is 13.0. The molecule has 4 nitrogen and oxygen atoms in total. The summed E-state index contributed by atoms with van der Waals surface area (Å²) in [5, 5.41) is 3.06. The molecule has 2 aromatic heterocycles. The molecule has 0 spiro atoms. The van der Waals surface area contributed by atoms with E-state index in [1.165, 1.54) is 12.1 Å². The minimum absolute atomic E-state index is 0.209. The number of hydrogen-bond donors (Lipinski definition) is 0. The van der Waals surface area contributed by atoms with Gasteiger partial charge in [0, 0.05) is 23.7 Å². The van der Waals surface area contributed by atoms with Crippen molar-refractivity contribution < 1.29 is 8.81 Å². The summed E-state index contributed by atoms with van der Waals surface area (Å²) in [6.07, 6.45) is 1.82. The summed E-state index contributed by atoms with van der Waals surface area (Å²) in [7, 11) is 2.04. The highest BCUT2D eigenvalue weighted by Gasteiger charge is 2.18. The molecule has 0 aliphatic rings. The van der Waals surface area contributed by atoms with Crippen LogP contribution in [0.2, 0.25) is 0 Å². The number of benzene rings is 1. The predicted molar refractivity (Wildman–Crippen MR) is 88.6 cm³/mol. The molecule has 3 rings (SSSR count). The first-order valence-electron chi connectivity index (χ1n) is 7.36. The number of thiazole rings is 1. The van der Waals surface area contributed by atoms with Gasteiger partial charge < -0.3 is 4.42 Å². The zero-order chi connectivity index (χ0) is 16.4. The second-order valence-electron chi connectivity index (χ2n) is 5.49. The molecule has 120 valence electrons. The van der Waals surface area contributed by atoms with Crippen LogP contribution in [0.15, 0.2) is 40.3 Å². The Labute approximate surface area is 138 Å². The van der Waals surface area contributed by atoms with Crippen LogP contribution in [0, 0.1) is 12.7 Å². The molecule has 23 heavy (non-hydrogen) atoms. The quantitative estimate of drug-likeness (QED) is 0.693. The van der Waals surface area contributed by atoms with Crippen LogP contribution in [0.1, 0.15) is 29.4 Å². The summed E-state index contributed by atoms with van der Waals surface area (Å²) in [4.78, 5) is 11.1. The molecule has 6 heteroatoms. The topological polar surface area (TPSA) is 42.2 Å². The summed E-state index contributed by atoms with van der Waals surface area (Å²) in [5.41, 5.74) is 1.66. The molecule has 0 amide bonds. The van der Waals surface area contributed by atoms with Crippen molar-refractivity contribution in [3.05, 3.63) is 58.1 Å². The van der Waals surface area contributed by atoms with Crippen LogP contribution in [0.5, 0.6) is 0 Å². The Morgan fingerprint density at radius 2 is 2.04 bits per heavy atom. The van der Waals surface area contributed by atoms with Gasteiger partial charge in [0.1, 0.15) is 16.6 Å². The number of halogens is 1. The number of aryl methyl sites for hydroxylation is 1. The highest BCUT2D eigenvalue weighted by Crippen LogP contribution is 2.26. The van der Waals surface area contributed by atoms with E-state index < -0.39 is 0 Å². The Bertz CT molecular complexity index is 768. The van der Waals surface area contributed by atoms with Gasteiger partial charge in [-0.1, -0.05) is 0 Å². The smallest absolute Gasteiger partial charge is 0.226 e. The Morgan fingerprint density at radius 3 is 2.70 bits per heavy atom. The van der Waals surface area contributed by atoms with Crippen LogP contribution in [0.4, 0.5) is 4.39 Å². The van der Waals surface area contributed by atoms with Crippen molar-refractivity contribution in [2.45, 2.75) is 26.4 Å². The van der Waals surface area contributed by atoms with Gasteiger partial charge in [0.15, 0.2) is 0 Å². The van der Waals surface area contributed by atoms with Crippen molar-refractivity contribution in [3.63, 3.8) is 0 Å². The van der Waals surface area contributed by atoms with Crippen molar-refractivity contribution in [1.82, 2.24) is 14.9 Å². The molecule has 0 unspecified atom stereocenters. The van der Waals surface area contributed by atoms with E-state index in [0.29, 0.717) is 12.4 Å². The lowest BCUT2D eigenvalue weighted by atomic mass is 10.2. The fourth-order valence-corrected chi connectivity index (χ4v) is 3.05. The summed E-state index contributed by atoms with van der Waals surface area (Å²) in [6.45, 7) is 4.68. The Hall–Kier alpha value is -2.05. The van der Waals surface area contributed by atoms with E-state index in [1.807, 2.05) is 25.5 Å². The molecule has 0 saturated heterocycles. The van der Waals surface area contributed by atoms with Crippen molar-refractivity contribution in [1.29, 1.82) is 0 Å². The highest BCUT2D eigenvalue weighted by molar-refractivity contribution is 7.09. The van der Waals surface area contributed by atoms with Crippen LogP contribution >= 0.6 is 11.3 Å². The highest BCUT2D eigenvalue weighted by atomic mass is 32.1. The fraction of sp³-hybridized carbons (Fsp3) is 0.294. The zero-order valence-corrected chi connectivity index (χ0v) is 14.1. The van der Waals surface area contributed by atoms with Gasteiger partial charge in [0.05, 0.1) is 11.7 Å². The number of aromatic nitrogens is 2. The maximum Gasteiger partial charge on any atom is 0.226 e. The molecule has 0 saturated carbocycles. The van der Waals surface area contributed by atoms with Crippen LogP contribution in [-0.2, 0) is 6.54 Å². The molecule has 0 fully saturated rings. The van der Waals surface area contributed by atoms with E-state index in [0.717, 1.165) is 22.0 Å². The predicted octanol–water partition coefficient (Wildman–Crippen LogP) is 4.44. The SMILES string of the molecule is Cc1oc(-c2ccc(F)cc2)nc1CN(C)[C@@H](C)c1nccs1. The monoisotopic (exact) mass is 331 g/mol. The minimum atomic E-state index is -0.269. The molecule has 0 aliphatic carbocycles. The van der Waals surface area contributed by atoms with Gasteiger partial charge in [-0.25, -0.2) is 14.4 Å². The van der Waals surface area contributed by atoms with Crippen LogP contribution in [0.3, 0.4) is 0 Å². The van der Waals surface area contributed by atoms with Gasteiger partial charge in [0.25, 0.3) is 0 Å². The lowest BCUT2D eigenvalue weighted by Crippen LogP contribution is -2.22. The average molecular weight is 331 g/mol. The molecule has 0 radical (unpaired) electrons. The van der Waals surface area contributed by atoms with Gasteiger partial charge in [-0.3, -0.25) is 4.90 Å². The molecule has 2 heterocycles. The average Bonchev–Trinajstić information content (AvgIpc) is 3.18. The van der Waals surface area contributed by atoms with E-state index in [1.54, 1.807) is 23.5 Å². The summed E-state index contributed by atoms with van der Waals surface area (Å²) in [6, 6.07) is 6.37. The summed E-state index contributed by atoms with van der Waals surface area (Å²) >= 11 is 1.65. The fourth-order valence-electron chi connectivity index (χ4n) is 2.29. The first-order chi connectivity index (χ1) is 11.0.